The maximum absolute atomic E-state index is 11.8. The molecule has 1 atom stereocenters. The molecule has 0 bridgehead atoms. The molecule has 17 heavy (non-hydrogen) atoms. The molecule has 0 spiro atoms. The van der Waals surface area contributed by atoms with Gasteiger partial charge in [-0.2, -0.15) is 0 Å². The van der Waals surface area contributed by atoms with Gasteiger partial charge in [-0.15, -0.1) is 0 Å². The van der Waals surface area contributed by atoms with Crippen LogP contribution in [0.3, 0.4) is 0 Å². The first-order chi connectivity index (χ1) is 7.91. The van der Waals surface area contributed by atoms with Crippen LogP contribution in [0.5, 0.6) is 0 Å². The molecule has 0 radical (unpaired) electrons. The zero-order valence-electron chi connectivity index (χ0n) is 10.5. The third-order valence-corrected chi connectivity index (χ3v) is 2.69. The van der Waals surface area contributed by atoms with Crippen LogP contribution in [0.2, 0.25) is 0 Å². The molecule has 0 saturated carbocycles. The highest BCUT2D eigenvalue weighted by Gasteiger charge is 2.13. The Balaban J connectivity index is 2.67. The fourth-order valence-corrected chi connectivity index (χ4v) is 1.39. The largest absolute Gasteiger partial charge is 0.398 e. The number of aryl methyl sites for hydroxylation is 1. The van der Waals surface area contributed by atoms with Gasteiger partial charge in [-0.1, -0.05) is 25.5 Å². The van der Waals surface area contributed by atoms with E-state index in [1.54, 1.807) is 12.1 Å². The first-order valence-electron chi connectivity index (χ1n) is 5.74. The van der Waals surface area contributed by atoms with E-state index in [4.69, 9.17) is 5.73 Å². The van der Waals surface area contributed by atoms with Gasteiger partial charge in [-0.3, -0.25) is 4.79 Å². The lowest BCUT2D eigenvalue weighted by atomic mass is 10.1. The molecule has 0 aliphatic heterocycles. The first-order valence-corrected chi connectivity index (χ1v) is 5.74. The third-order valence-electron chi connectivity index (χ3n) is 2.69. The van der Waals surface area contributed by atoms with Gasteiger partial charge < -0.3 is 16.2 Å². The van der Waals surface area contributed by atoms with Gasteiger partial charge in [0.15, 0.2) is 0 Å². The van der Waals surface area contributed by atoms with E-state index in [9.17, 15) is 9.90 Å². The van der Waals surface area contributed by atoms with E-state index < -0.39 is 6.10 Å². The molecule has 0 aliphatic carbocycles. The van der Waals surface area contributed by atoms with Crippen molar-refractivity contribution in [2.45, 2.75) is 26.9 Å². The molecule has 94 valence electrons. The van der Waals surface area contributed by atoms with Gasteiger partial charge in [0.25, 0.3) is 5.91 Å². The van der Waals surface area contributed by atoms with Crippen LogP contribution in [-0.2, 0) is 0 Å². The SMILES string of the molecule is Cc1ccc(N)c(C(=O)NCC(O)C(C)C)c1. The molecule has 1 unspecified atom stereocenters. The monoisotopic (exact) mass is 236 g/mol. The van der Waals surface area contributed by atoms with Crippen LogP contribution in [0.4, 0.5) is 5.69 Å². The smallest absolute Gasteiger partial charge is 0.253 e. The van der Waals surface area contributed by atoms with Gasteiger partial charge in [0.05, 0.1) is 11.7 Å². The number of aliphatic hydroxyl groups is 1. The lowest BCUT2D eigenvalue weighted by Gasteiger charge is -2.15. The predicted molar refractivity (Wildman–Crippen MR) is 68.8 cm³/mol. The molecule has 1 rings (SSSR count). The average Bonchev–Trinajstić information content (AvgIpc) is 2.28. The standard InChI is InChI=1S/C13H20N2O2/c1-8(2)12(16)7-15-13(17)10-6-9(3)4-5-11(10)14/h4-6,8,12,16H,7,14H2,1-3H3,(H,15,17). The van der Waals surface area contributed by atoms with E-state index >= 15 is 0 Å². The molecule has 0 aromatic heterocycles. The summed E-state index contributed by atoms with van der Waals surface area (Å²) in [4.78, 5) is 11.8. The summed E-state index contributed by atoms with van der Waals surface area (Å²) in [7, 11) is 0. The number of amides is 1. The minimum absolute atomic E-state index is 0.116. The summed E-state index contributed by atoms with van der Waals surface area (Å²) >= 11 is 0. The Bertz CT molecular complexity index is 402. The third kappa shape index (κ3) is 3.75. The summed E-state index contributed by atoms with van der Waals surface area (Å²) in [5.41, 5.74) is 7.62. The van der Waals surface area contributed by atoms with E-state index in [0.29, 0.717) is 11.3 Å². The number of anilines is 1. The maximum Gasteiger partial charge on any atom is 0.253 e. The molecular weight excluding hydrogens is 216 g/mol. The summed E-state index contributed by atoms with van der Waals surface area (Å²) < 4.78 is 0. The second-order valence-electron chi connectivity index (χ2n) is 4.61. The average molecular weight is 236 g/mol. The van der Waals surface area contributed by atoms with E-state index in [2.05, 4.69) is 5.32 Å². The Kier molecular flexibility index (Phi) is 4.52. The number of nitrogen functional groups attached to an aromatic ring is 1. The zero-order chi connectivity index (χ0) is 13.0. The number of nitrogens with one attached hydrogen (secondary N) is 1. The topological polar surface area (TPSA) is 75.4 Å². The maximum atomic E-state index is 11.8. The van der Waals surface area contributed by atoms with Gasteiger partial charge in [0, 0.05) is 12.2 Å². The Hall–Kier alpha value is -1.55. The Morgan fingerprint density at radius 1 is 1.47 bits per heavy atom. The number of rotatable bonds is 4. The Morgan fingerprint density at radius 3 is 2.71 bits per heavy atom. The van der Waals surface area contributed by atoms with Crippen LogP contribution in [0.15, 0.2) is 18.2 Å². The Morgan fingerprint density at radius 2 is 2.12 bits per heavy atom. The summed E-state index contributed by atoms with van der Waals surface area (Å²) in [6.07, 6.45) is -0.537. The summed E-state index contributed by atoms with van der Waals surface area (Å²) in [6, 6.07) is 5.31. The number of nitrogens with two attached hydrogens (primary N) is 1. The molecule has 4 nitrogen and oxygen atoms in total. The second kappa shape index (κ2) is 5.68. The minimum Gasteiger partial charge on any atom is -0.398 e. The predicted octanol–water partition coefficient (Wildman–Crippen LogP) is 1.32. The highest BCUT2D eigenvalue weighted by molar-refractivity contribution is 5.99. The second-order valence-corrected chi connectivity index (χ2v) is 4.61. The number of carbonyl (C=O) groups is 1. The van der Waals surface area contributed by atoms with E-state index in [0.717, 1.165) is 5.56 Å². The quantitative estimate of drug-likeness (QED) is 0.690. The molecule has 4 heteroatoms. The molecule has 1 aromatic rings. The molecule has 4 N–H and O–H groups in total. The van der Waals surface area contributed by atoms with Crippen molar-refractivity contribution >= 4 is 11.6 Å². The number of hydrogen-bond donors (Lipinski definition) is 3. The van der Waals surface area contributed by atoms with Gasteiger partial charge >= 0.3 is 0 Å². The van der Waals surface area contributed by atoms with Crippen molar-refractivity contribution in [3.05, 3.63) is 29.3 Å². The number of aliphatic hydroxyl groups excluding tert-OH is 1. The fraction of sp³-hybridized carbons (Fsp3) is 0.462. The molecule has 0 fully saturated rings. The van der Waals surface area contributed by atoms with Crippen molar-refractivity contribution in [1.82, 2.24) is 5.32 Å². The van der Waals surface area contributed by atoms with Crippen molar-refractivity contribution in [2.24, 2.45) is 5.92 Å². The summed E-state index contributed by atoms with van der Waals surface area (Å²) in [6.45, 7) is 5.94. The van der Waals surface area contributed by atoms with Gasteiger partial charge in [-0.05, 0) is 25.0 Å². The van der Waals surface area contributed by atoms with Gasteiger partial charge in [0.1, 0.15) is 0 Å². The summed E-state index contributed by atoms with van der Waals surface area (Å²) in [5, 5.41) is 12.3. The fourth-order valence-electron chi connectivity index (χ4n) is 1.39. The van der Waals surface area contributed by atoms with Crippen LogP contribution in [-0.4, -0.2) is 23.7 Å². The van der Waals surface area contributed by atoms with Crippen LogP contribution < -0.4 is 11.1 Å². The van der Waals surface area contributed by atoms with Crippen molar-refractivity contribution in [1.29, 1.82) is 0 Å². The molecule has 0 aliphatic rings. The number of hydrogen-bond acceptors (Lipinski definition) is 3. The highest BCUT2D eigenvalue weighted by Crippen LogP contribution is 2.13. The van der Waals surface area contributed by atoms with Crippen molar-refractivity contribution < 1.29 is 9.90 Å². The van der Waals surface area contributed by atoms with Gasteiger partial charge in [0.2, 0.25) is 0 Å². The van der Waals surface area contributed by atoms with Crippen molar-refractivity contribution in [2.75, 3.05) is 12.3 Å². The first kappa shape index (κ1) is 13.5. The van der Waals surface area contributed by atoms with E-state index in [1.807, 2.05) is 26.8 Å². The summed E-state index contributed by atoms with van der Waals surface area (Å²) in [5.74, 6) is -0.129. The molecule has 1 amide bonds. The van der Waals surface area contributed by atoms with Gasteiger partial charge in [-0.25, -0.2) is 0 Å². The zero-order valence-corrected chi connectivity index (χ0v) is 10.5. The normalized spacial score (nSPS) is 12.5. The van der Waals surface area contributed by atoms with Crippen molar-refractivity contribution in [3.8, 4) is 0 Å². The highest BCUT2D eigenvalue weighted by atomic mass is 16.3. The van der Waals surface area contributed by atoms with Crippen LogP contribution in [0.25, 0.3) is 0 Å². The van der Waals surface area contributed by atoms with Crippen LogP contribution >= 0.6 is 0 Å². The number of benzene rings is 1. The van der Waals surface area contributed by atoms with Crippen molar-refractivity contribution in [3.63, 3.8) is 0 Å². The minimum atomic E-state index is -0.537. The van der Waals surface area contributed by atoms with Crippen LogP contribution in [0.1, 0.15) is 29.8 Å². The molecule has 0 saturated heterocycles. The molecule has 1 aromatic carbocycles. The molecular formula is C13H20N2O2. The number of carbonyl (C=O) groups excluding carboxylic acids is 1. The molecule has 0 heterocycles. The lowest BCUT2D eigenvalue weighted by Crippen LogP contribution is -2.35. The van der Waals surface area contributed by atoms with E-state index in [1.165, 1.54) is 0 Å². The van der Waals surface area contributed by atoms with Crippen LogP contribution in [0, 0.1) is 12.8 Å². The van der Waals surface area contributed by atoms with E-state index in [-0.39, 0.29) is 18.4 Å². The Labute approximate surface area is 102 Å². The lowest BCUT2D eigenvalue weighted by molar-refractivity contribution is 0.0872.